The Hall–Kier alpha value is -1.55. The Kier molecular flexibility index (Phi) is 6.88. The first-order valence-corrected chi connectivity index (χ1v) is 9.33. The number of carbonyl (C=O) groups is 1. The van der Waals surface area contributed by atoms with Crippen molar-refractivity contribution in [1.29, 1.82) is 0 Å². The van der Waals surface area contributed by atoms with Gasteiger partial charge in [-0.25, -0.2) is 0 Å². The van der Waals surface area contributed by atoms with E-state index in [1.807, 2.05) is 19.2 Å². The molecule has 140 valence electrons. The van der Waals surface area contributed by atoms with Gasteiger partial charge in [-0.1, -0.05) is 38.5 Å². The molecule has 1 fully saturated rings. The van der Waals surface area contributed by atoms with Crippen molar-refractivity contribution in [2.24, 2.45) is 5.92 Å². The van der Waals surface area contributed by atoms with Crippen molar-refractivity contribution in [1.82, 2.24) is 4.90 Å². The molecule has 0 N–H and O–H groups in total. The highest BCUT2D eigenvalue weighted by Crippen LogP contribution is 2.32. The van der Waals surface area contributed by atoms with E-state index in [1.165, 1.54) is 5.56 Å². The van der Waals surface area contributed by atoms with Crippen LogP contribution in [0.4, 0.5) is 0 Å². The number of rotatable bonds is 6. The molecular weight excluding hydrogens is 314 g/mol. The summed E-state index contributed by atoms with van der Waals surface area (Å²) in [6.45, 7) is 11.2. The lowest BCUT2D eigenvalue weighted by atomic mass is 9.85. The van der Waals surface area contributed by atoms with Crippen LogP contribution in [0, 0.1) is 12.8 Å². The molecule has 1 heterocycles. The zero-order valence-electron chi connectivity index (χ0n) is 16.4. The molecule has 1 saturated heterocycles. The topological polar surface area (TPSA) is 38.8 Å². The second-order valence-electron chi connectivity index (χ2n) is 8.20. The molecular formula is C21H33NO3. The van der Waals surface area contributed by atoms with E-state index in [2.05, 4.69) is 33.8 Å². The average molecular weight is 347 g/mol. The number of hydrogen-bond acceptors (Lipinski definition) is 3. The van der Waals surface area contributed by atoms with Crippen LogP contribution in [0.1, 0.15) is 51.2 Å². The molecule has 4 heteroatoms. The van der Waals surface area contributed by atoms with Crippen molar-refractivity contribution < 1.29 is 14.3 Å². The van der Waals surface area contributed by atoms with Crippen LogP contribution in [-0.4, -0.2) is 44.2 Å². The van der Waals surface area contributed by atoms with E-state index in [0.29, 0.717) is 5.92 Å². The van der Waals surface area contributed by atoms with Gasteiger partial charge in [0.1, 0.15) is 5.75 Å². The van der Waals surface area contributed by atoms with Gasteiger partial charge in [0.05, 0.1) is 0 Å². The van der Waals surface area contributed by atoms with E-state index < -0.39 is 0 Å². The molecule has 0 aromatic heterocycles. The third-order valence-corrected chi connectivity index (χ3v) is 4.93. The van der Waals surface area contributed by atoms with E-state index in [-0.39, 0.29) is 17.9 Å². The molecule has 0 bridgehead atoms. The molecule has 1 aliphatic heterocycles. The minimum Gasteiger partial charge on any atom is -0.483 e. The van der Waals surface area contributed by atoms with E-state index in [9.17, 15) is 4.79 Å². The Balaban J connectivity index is 1.86. The first-order chi connectivity index (χ1) is 11.8. The van der Waals surface area contributed by atoms with Crippen molar-refractivity contribution >= 4 is 5.91 Å². The first kappa shape index (κ1) is 19.8. The maximum absolute atomic E-state index is 12.4. The van der Waals surface area contributed by atoms with Gasteiger partial charge in [0.15, 0.2) is 6.61 Å². The number of hydrogen-bond donors (Lipinski definition) is 0. The Bertz CT molecular complexity index is 571. The second kappa shape index (κ2) is 8.70. The highest BCUT2D eigenvalue weighted by atomic mass is 16.5. The minimum absolute atomic E-state index is 0.0145. The number of likely N-dealkylation sites (N-methyl/N-ethyl adjacent to an activating group) is 1. The van der Waals surface area contributed by atoms with Crippen LogP contribution in [-0.2, 0) is 14.9 Å². The molecule has 4 nitrogen and oxygen atoms in total. The number of carbonyl (C=O) groups excluding carboxylic acids is 1. The maximum atomic E-state index is 12.4. The summed E-state index contributed by atoms with van der Waals surface area (Å²) < 4.78 is 11.3. The van der Waals surface area contributed by atoms with Gasteiger partial charge in [-0.05, 0) is 49.1 Å². The van der Waals surface area contributed by atoms with E-state index in [4.69, 9.17) is 9.47 Å². The van der Waals surface area contributed by atoms with Crippen LogP contribution in [0.25, 0.3) is 0 Å². The second-order valence-corrected chi connectivity index (χ2v) is 8.20. The molecule has 0 atom stereocenters. The molecule has 25 heavy (non-hydrogen) atoms. The van der Waals surface area contributed by atoms with Crippen LogP contribution in [0.5, 0.6) is 5.75 Å². The summed E-state index contributed by atoms with van der Waals surface area (Å²) in [6.07, 6.45) is 3.26. The largest absolute Gasteiger partial charge is 0.483 e. The molecule has 0 radical (unpaired) electrons. The Morgan fingerprint density at radius 3 is 2.60 bits per heavy atom. The average Bonchev–Trinajstić information content (AvgIpc) is 2.58. The van der Waals surface area contributed by atoms with Crippen molar-refractivity contribution in [3.8, 4) is 5.75 Å². The third kappa shape index (κ3) is 6.03. The molecule has 0 saturated carbocycles. The van der Waals surface area contributed by atoms with Crippen LogP contribution in [0.3, 0.4) is 0 Å². The highest BCUT2D eigenvalue weighted by molar-refractivity contribution is 5.77. The molecule has 0 unspecified atom stereocenters. The van der Waals surface area contributed by atoms with Crippen LogP contribution in [0.15, 0.2) is 18.2 Å². The molecule has 1 amide bonds. The van der Waals surface area contributed by atoms with Crippen molar-refractivity contribution in [2.75, 3.05) is 33.4 Å². The summed E-state index contributed by atoms with van der Waals surface area (Å²) >= 11 is 0. The van der Waals surface area contributed by atoms with Gasteiger partial charge in [-0.2, -0.15) is 0 Å². The molecule has 1 aliphatic rings. The predicted octanol–water partition coefficient (Wildman–Crippen LogP) is 3.95. The molecule has 2 rings (SSSR count). The van der Waals surface area contributed by atoms with Gasteiger partial charge < -0.3 is 14.4 Å². The summed E-state index contributed by atoms with van der Waals surface area (Å²) in [5, 5.41) is 0. The summed E-state index contributed by atoms with van der Waals surface area (Å²) in [5.41, 5.74) is 2.33. The number of aryl methyl sites for hydroxylation is 1. The van der Waals surface area contributed by atoms with E-state index >= 15 is 0 Å². The van der Waals surface area contributed by atoms with E-state index in [0.717, 1.165) is 50.3 Å². The van der Waals surface area contributed by atoms with Gasteiger partial charge >= 0.3 is 0 Å². The fourth-order valence-corrected chi connectivity index (χ4v) is 3.14. The zero-order chi connectivity index (χ0) is 18.4. The van der Waals surface area contributed by atoms with Gasteiger partial charge in [0.2, 0.25) is 0 Å². The lowest BCUT2D eigenvalue weighted by Crippen LogP contribution is -2.34. The van der Waals surface area contributed by atoms with E-state index in [1.54, 1.807) is 4.90 Å². The monoisotopic (exact) mass is 347 g/mol. The third-order valence-electron chi connectivity index (χ3n) is 4.93. The summed E-state index contributed by atoms with van der Waals surface area (Å²) in [6, 6.07) is 6.16. The Morgan fingerprint density at radius 1 is 1.28 bits per heavy atom. The number of nitrogens with zero attached hydrogens (tertiary/aromatic N) is 1. The molecule has 0 aliphatic carbocycles. The van der Waals surface area contributed by atoms with Gasteiger partial charge in [-0.3, -0.25) is 4.79 Å². The maximum Gasteiger partial charge on any atom is 0.260 e. The lowest BCUT2D eigenvalue weighted by molar-refractivity contribution is -0.132. The summed E-state index contributed by atoms with van der Waals surface area (Å²) in [5.74, 6) is 1.52. The van der Waals surface area contributed by atoms with Gasteiger partial charge in [0, 0.05) is 26.8 Å². The summed E-state index contributed by atoms with van der Waals surface area (Å²) in [7, 11) is 1.87. The van der Waals surface area contributed by atoms with Gasteiger partial charge in [0.25, 0.3) is 5.91 Å². The normalized spacial score (nSPS) is 15.9. The van der Waals surface area contributed by atoms with Crippen LogP contribution < -0.4 is 4.74 Å². The van der Waals surface area contributed by atoms with Gasteiger partial charge in [-0.15, -0.1) is 0 Å². The van der Waals surface area contributed by atoms with Crippen molar-refractivity contribution in [3.63, 3.8) is 0 Å². The SMILES string of the molecule is Cc1ccc(OCC(=O)N(C)CCC2CCOCC2)c(C(C)(C)C)c1. The number of benzene rings is 1. The smallest absolute Gasteiger partial charge is 0.260 e. The Morgan fingerprint density at radius 2 is 1.96 bits per heavy atom. The zero-order valence-corrected chi connectivity index (χ0v) is 16.4. The predicted molar refractivity (Wildman–Crippen MR) is 101 cm³/mol. The number of ether oxygens (including phenoxy) is 2. The highest BCUT2D eigenvalue weighted by Gasteiger charge is 2.21. The van der Waals surface area contributed by atoms with Crippen LogP contribution in [0.2, 0.25) is 0 Å². The molecule has 0 spiro atoms. The Labute approximate surface area is 152 Å². The minimum atomic E-state index is -0.0145. The van der Waals surface area contributed by atoms with Crippen molar-refractivity contribution in [3.05, 3.63) is 29.3 Å². The number of amides is 1. The van der Waals surface area contributed by atoms with Crippen LogP contribution >= 0.6 is 0 Å². The van der Waals surface area contributed by atoms with Crippen molar-refractivity contribution in [2.45, 2.75) is 52.4 Å². The molecule has 1 aromatic carbocycles. The quantitative estimate of drug-likeness (QED) is 0.782. The summed E-state index contributed by atoms with van der Waals surface area (Å²) in [4.78, 5) is 14.2. The first-order valence-electron chi connectivity index (χ1n) is 9.33. The fraction of sp³-hybridized carbons (Fsp3) is 0.667. The molecule has 1 aromatic rings. The lowest BCUT2D eigenvalue weighted by Gasteiger charge is -2.26. The fourth-order valence-electron chi connectivity index (χ4n) is 3.14. The standard InChI is InChI=1S/C21H33NO3/c1-16-6-7-19(18(14-16)21(2,3)4)25-15-20(23)22(5)11-8-17-9-12-24-13-10-17/h6-7,14,17H,8-13,15H2,1-5H3.